The summed E-state index contributed by atoms with van der Waals surface area (Å²) in [6.07, 6.45) is 0. The fourth-order valence-electron chi connectivity index (χ4n) is 1.91. The van der Waals surface area contributed by atoms with Crippen molar-refractivity contribution in [2.24, 2.45) is 5.73 Å². The van der Waals surface area contributed by atoms with Gasteiger partial charge < -0.3 is 15.5 Å². The molecule has 0 bridgehead atoms. The van der Waals surface area contributed by atoms with Gasteiger partial charge in [-0.2, -0.15) is 0 Å². The van der Waals surface area contributed by atoms with Crippen LogP contribution in [0.1, 0.15) is 18.8 Å². The summed E-state index contributed by atoms with van der Waals surface area (Å²) < 4.78 is 5.78. The number of aromatic amines is 1. The van der Waals surface area contributed by atoms with Gasteiger partial charge in [-0.05, 0) is 31.2 Å². The molecular formula is C15H15N3O. The van der Waals surface area contributed by atoms with Crippen molar-refractivity contribution in [2.45, 2.75) is 13.0 Å². The van der Waals surface area contributed by atoms with Crippen molar-refractivity contribution in [3.8, 4) is 11.5 Å². The molecule has 1 heterocycles. The average molecular weight is 253 g/mol. The number of benzene rings is 2. The SMILES string of the molecule is C[C@@H](N)c1nc2ccc(Oc3ccccc3)cc2[nH]1. The van der Waals surface area contributed by atoms with Gasteiger partial charge in [-0.1, -0.05) is 18.2 Å². The highest BCUT2D eigenvalue weighted by atomic mass is 16.5. The lowest BCUT2D eigenvalue weighted by Crippen LogP contribution is -2.06. The van der Waals surface area contributed by atoms with Crippen LogP contribution in [0.3, 0.4) is 0 Å². The van der Waals surface area contributed by atoms with Crippen LogP contribution in [0.25, 0.3) is 11.0 Å². The minimum atomic E-state index is -0.106. The molecule has 1 aromatic heterocycles. The Morgan fingerprint density at radius 3 is 2.63 bits per heavy atom. The molecule has 96 valence electrons. The largest absolute Gasteiger partial charge is 0.457 e. The normalized spacial score (nSPS) is 12.5. The number of rotatable bonds is 3. The summed E-state index contributed by atoms with van der Waals surface area (Å²) in [7, 11) is 0. The maximum atomic E-state index is 5.81. The van der Waals surface area contributed by atoms with Crippen LogP contribution in [0.4, 0.5) is 0 Å². The Balaban J connectivity index is 1.93. The number of aromatic nitrogens is 2. The molecule has 0 aliphatic rings. The zero-order valence-corrected chi connectivity index (χ0v) is 10.6. The molecule has 4 nitrogen and oxygen atoms in total. The molecule has 4 heteroatoms. The van der Waals surface area contributed by atoms with E-state index in [0.717, 1.165) is 28.4 Å². The Bertz CT molecular complexity index is 689. The number of hydrogen-bond donors (Lipinski definition) is 2. The molecular weight excluding hydrogens is 238 g/mol. The van der Waals surface area contributed by atoms with Crippen molar-refractivity contribution in [1.29, 1.82) is 0 Å². The molecule has 3 aromatic rings. The Morgan fingerprint density at radius 1 is 1.11 bits per heavy atom. The van der Waals surface area contributed by atoms with Gasteiger partial charge in [-0.3, -0.25) is 0 Å². The smallest absolute Gasteiger partial charge is 0.129 e. The van der Waals surface area contributed by atoms with E-state index in [1.807, 2.05) is 55.5 Å². The van der Waals surface area contributed by atoms with Crippen molar-refractivity contribution in [2.75, 3.05) is 0 Å². The summed E-state index contributed by atoms with van der Waals surface area (Å²) in [6, 6.07) is 15.3. The molecule has 3 rings (SSSR count). The third-order valence-corrected chi connectivity index (χ3v) is 2.88. The van der Waals surface area contributed by atoms with Gasteiger partial charge in [0.2, 0.25) is 0 Å². The van der Waals surface area contributed by atoms with Crippen LogP contribution in [-0.4, -0.2) is 9.97 Å². The molecule has 3 N–H and O–H groups in total. The Hall–Kier alpha value is -2.33. The number of nitrogens with two attached hydrogens (primary N) is 1. The second-order valence-electron chi connectivity index (χ2n) is 4.50. The highest BCUT2D eigenvalue weighted by Gasteiger charge is 2.07. The molecule has 1 atom stereocenters. The highest BCUT2D eigenvalue weighted by Crippen LogP contribution is 2.25. The molecule has 0 fully saturated rings. The first-order valence-corrected chi connectivity index (χ1v) is 6.20. The zero-order valence-electron chi connectivity index (χ0n) is 10.6. The second kappa shape index (κ2) is 4.74. The van der Waals surface area contributed by atoms with Crippen LogP contribution in [0.15, 0.2) is 48.5 Å². The average Bonchev–Trinajstić information content (AvgIpc) is 2.83. The Kier molecular flexibility index (Phi) is 2.93. The van der Waals surface area contributed by atoms with Gasteiger partial charge >= 0.3 is 0 Å². The number of ether oxygens (including phenoxy) is 1. The van der Waals surface area contributed by atoms with E-state index >= 15 is 0 Å². The van der Waals surface area contributed by atoms with E-state index in [4.69, 9.17) is 10.5 Å². The monoisotopic (exact) mass is 253 g/mol. The summed E-state index contributed by atoms with van der Waals surface area (Å²) >= 11 is 0. The number of H-pyrrole nitrogens is 1. The van der Waals surface area contributed by atoms with Crippen molar-refractivity contribution in [3.63, 3.8) is 0 Å². The first-order chi connectivity index (χ1) is 9.22. The summed E-state index contributed by atoms with van der Waals surface area (Å²) in [5, 5.41) is 0. The van der Waals surface area contributed by atoms with Crippen LogP contribution in [0.5, 0.6) is 11.5 Å². The molecule has 0 unspecified atom stereocenters. The second-order valence-corrected chi connectivity index (χ2v) is 4.50. The number of fused-ring (bicyclic) bond motifs is 1. The molecule has 0 aliphatic heterocycles. The topological polar surface area (TPSA) is 63.9 Å². The number of hydrogen-bond acceptors (Lipinski definition) is 3. The quantitative estimate of drug-likeness (QED) is 0.752. The van der Waals surface area contributed by atoms with Gasteiger partial charge in [0, 0.05) is 6.07 Å². The van der Waals surface area contributed by atoms with Gasteiger partial charge in [0.25, 0.3) is 0 Å². The fourth-order valence-corrected chi connectivity index (χ4v) is 1.91. The molecule has 0 radical (unpaired) electrons. The van der Waals surface area contributed by atoms with Crippen LogP contribution in [-0.2, 0) is 0 Å². The number of nitrogens with one attached hydrogen (secondary N) is 1. The molecule has 0 amide bonds. The molecule has 0 spiro atoms. The summed E-state index contributed by atoms with van der Waals surface area (Å²) in [5.74, 6) is 2.37. The first kappa shape index (κ1) is 11.7. The van der Waals surface area contributed by atoms with Crippen molar-refractivity contribution >= 4 is 11.0 Å². The maximum Gasteiger partial charge on any atom is 0.129 e. The van der Waals surface area contributed by atoms with E-state index in [9.17, 15) is 0 Å². The third-order valence-electron chi connectivity index (χ3n) is 2.88. The van der Waals surface area contributed by atoms with Crippen LogP contribution < -0.4 is 10.5 Å². The van der Waals surface area contributed by atoms with Gasteiger partial charge in [0.05, 0.1) is 17.1 Å². The van der Waals surface area contributed by atoms with Gasteiger partial charge in [0.15, 0.2) is 0 Å². The fraction of sp³-hybridized carbons (Fsp3) is 0.133. The van der Waals surface area contributed by atoms with E-state index in [0.29, 0.717) is 0 Å². The highest BCUT2D eigenvalue weighted by molar-refractivity contribution is 5.77. The molecule has 19 heavy (non-hydrogen) atoms. The van der Waals surface area contributed by atoms with E-state index in [2.05, 4.69) is 9.97 Å². The predicted molar refractivity (Wildman–Crippen MR) is 75.2 cm³/mol. The van der Waals surface area contributed by atoms with E-state index < -0.39 is 0 Å². The van der Waals surface area contributed by atoms with Crippen molar-refractivity contribution < 1.29 is 4.74 Å². The molecule has 2 aromatic carbocycles. The molecule has 0 aliphatic carbocycles. The lowest BCUT2D eigenvalue weighted by atomic mass is 10.3. The molecule has 0 saturated carbocycles. The number of imidazole rings is 1. The van der Waals surface area contributed by atoms with Crippen LogP contribution in [0.2, 0.25) is 0 Å². The van der Waals surface area contributed by atoms with E-state index in [-0.39, 0.29) is 6.04 Å². The minimum Gasteiger partial charge on any atom is -0.457 e. The summed E-state index contributed by atoms with van der Waals surface area (Å²) in [6.45, 7) is 1.90. The summed E-state index contributed by atoms with van der Waals surface area (Å²) in [4.78, 5) is 7.63. The Labute approximate surface area is 111 Å². The van der Waals surface area contributed by atoms with Gasteiger partial charge in [-0.25, -0.2) is 4.98 Å². The van der Waals surface area contributed by atoms with Crippen LogP contribution in [0, 0.1) is 0 Å². The predicted octanol–water partition coefficient (Wildman–Crippen LogP) is 3.37. The zero-order chi connectivity index (χ0) is 13.2. The standard InChI is InChI=1S/C15H15N3O/c1-10(16)15-17-13-8-7-12(9-14(13)18-15)19-11-5-3-2-4-6-11/h2-10H,16H2,1H3,(H,17,18)/t10-/m1/s1. The maximum absolute atomic E-state index is 5.81. The number of nitrogens with zero attached hydrogens (tertiary/aromatic N) is 1. The van der Waals surface area contributed by atoms with Gasteiger partial charge in [0.1, 0.15) is 17.3 Å². The van der Waals surface area contributed by atoms with E-state index in [1.165, 1.54) is 0 Å². The van der Waals surface area contributed by atoms with Crippen molar-refractivity contribution in [3.05, 3.63) is 54.4 Å². The third kappa shape index (κ3) is 2.44. The first-order valence-electron chi connectivity index (χ1n) is 6.20. The van der Waals surface area contributed by atoms with Gasteiger partial charge in [-0.15, -0.1) is 0 Å². The van der Waals surface area contributed by atoms with Crippen LogP contribution >= 0.6 is 0 Å². The lowest BCUT2D eigenvalue weighted by molar-refractivity contribution is 0.483. The van der Waals surface area contributed by atoms with E-state index in [1.54, 1.807) is 0 Å². The minimum absolute atomic E-state index is 0.106. The lowest BCUT2D eigenvalue weighted by Gasteiger charge is -2.04. The van der Waals surface area contributed by atoms with Crippen molar-refractivity contribution in [1.82, 2.24) is 9.97 Å². The Morgan fingerprint density at radius 2 is 1.89 bits per heavy atom. The summed E-state index contributed by atoms with van der Waals surface area (Å²) in [5.41, 5.74) is 7.64. The number of para-hydroxylation sites is 1. The molecule has 0 saturated heterocycles.